The number of carbonyl (C=O) groups is 1. The minimum atomic E-state index is -0.0666. The minimum absolute atomic E-state index is 0.0666. The molecule has 24 heavy (non-hydrogen) atoms. The van der Waals surface area contributed by atoms with E-state index < -0.39 is 0 Å². The molecule has 2 aromatic heterocycles. The van der Waals surface area contributed by atoms with Gasteiger partial charge < -0.3 is 14.9 Å². The van der Waals surface area contributed by atoms with E-state index in [-0.39, 0.29) is 18.6 Å². The van der Waals surface area contributed by atoms with E-state index in [2.05, 4.69) is 15.5 Å². The maximum Gasteiger partial charge on any atom is 0.259 e. The number of amides is 1. The Labute approximate surface area is 140 Å². The standard InChI is InChI=1S/C18H23N3O3/c1-10-16-14(8-15(12-4-5-12)20-18(16)24-21-10)17(23)19-13-6-2-11(9-22)3-7-13/h8,11-13,22H,2-7,9H2,1H3,(H,19,23). The van der Waals surface area contributed by atoms with Crippen molar-refractivity contribution >= 4 is 17.0 Å². The topological polar surface area (TPSA) is 88.2 Å². The highest BCUT2D eigenvalue weighted by molar-refractivity contribution is 6.06. The van der Waals surface area contributed by atoms with Gasteiger partial charge in [0.25, 0.3) is 11.6 Å². The third kappa shape index (κ3) is 2.90. The molecule has 2 saturated carbocycles. The number of pyridine rings is 1. The van der Waals surface area contributed by atoms with Gasteiger partial charge in [0.05, 0.1) is 16.6 Å². The summed E-state index contributed by atoms with van der Waals surface area (Å²) in [5.41, 5.74) is 2.73. The lowest BCUT2D eigenvalue weighted by molar-refractivity contribution is 0.0915. The first-order valence-electron chi connectivity index (χ1n) is 8.84. The first-order chi connectivity index (χ1) is 11.7. The van der Waals surface area contributed by atoms with Crippen molar-refractivity contribution in [2.75, 3.05) is 6.61 Å². The van der Waals surface area contributed by atoms with Crippen molar-refractivity contribution in [2.45, 2.75) is 57.4 Å². The summed E-state index contributed by atoms with van der Waals surface area (Å²) in [6.45, 7) is 2.09. The molecule has 2 aromatic rings. The monoisotopic (exact) mass is 329 g/mol. The highest BCUT2D eigenvalue weighted by atomic mass is 16.5. The van der Waals surface area contributed by atoms with Gasteiger partial charge in [-0.1, -0.05) is 5.16 Å². The first kappa shape index (κ1) is 15.6. The second kappa shape index (κ2) is 6.16. The average molecular weight is 329 g/mol. The quantitative estimate of drug-likeness (QED) is 0.900. The van der Waals surface area contributed by atoms with Gasteiger partial charge in [0.2, 0.25) is 0 Å². The van der Waals surface area contributed by atoms with Crippen molar-refractivity contribution in [3.63, 3.8) is 0 Å². The summed E-state index contributed by atoms with van der Waals surface area (Å²) in [6, 6.07) is 2.09. The van der Waals surface area contributed by atoms with Crippen LogP contribution in [0.15, 0.2) is 10.6 Å². The molecule has 2 aliphatic rings. The summed E-state index contributed by atoms with van der Waals surface area (Å²) in [6.07, 6.45) is 6.02. The van der Waals surface area contributed by atoms with E-state index in [4.69, 9.17) is 4.52 Å². The first-order valence-corrected chi connectivity index (χ1v) is 8.84. The van der Waals surface area contributed by atoms with Crippen molar-refractivity contribution in [1.29, 1.82) is 0 Å². The molecule has 1 amide bonds. The Bertz CT molecular complexity index is 758. The molecule has 6 heteroatoms. The predicted octanol–water partition coefficient (Wildman–Crippen LogP) is 2.69. The Morgan fingerprint density at radius 1 is 1.29 bits per heavy atom. The molecule has 0 atom stereocenters. The summed E-state index contributed by atoms with van der Waals surface area (Å²) in [4.78, 5) is 17.4. The second-order valence-electron chi connectivity index (χ2n) is 7.19. The number of hydrogen-bond acceptors (Lipinski definition) is 5. The zero-order valence-corrected chi connectivity index (χ0v) is 13.9. The van der Waals surface area contributed by atoms with E-state index in [1.54, 1.807) is 0 Å². The maximum atomic E-state index is 12.9. The highest BCUT2D eigenvalue weighted by Crippen LogP contribution is 2.40. The molecule has 0 aromatic carbocycles. The van der Waals surface area contributed by atoms with Gasteiger partial charge in [0, 0.05) is 24.3 Å². The van der Waals surface area contributed by atoms with Gasteiger partial charge in [-0.05, 0) is 57.4 Å². The van der Waals surface area contributed by atoms with Crippen LogP contribution in [0.4, 0.5) is 0 Å². The van der Waals surface area contributed by atoms with Crippen LogP contribution >= 0.6 is 0 Å². The fourth-order valence-electron chi connectivity index (χ4n) is 3.63. The summed E-state index contributed by atoms with van der Waals surface area (Å²) >= 11 is 0. The zero-order valence-electron chi connectivity index (χ0n) is 13.9. The van der Waals surface area contributed by atoms with Gasteiger partial charge in [0.15, 0.2) is 0 Å². The number of aliphatic hydroxyl groups is 1. The normalized spacial score (nSPS) is 24.2. The van der Waals surface area contributed by atoms with Crippen LogP contribution in [0, 0.1) is 12.8 Å². The van der Waals surface area contributed by atoms with Gasteiger partial charge >= 0.3 is 0 Å². The molecule has 4 rings (SSSR count). The zero-order chi connectivity index (χ0) is 16.7. The Morgan fingerprint density at radius 2 is 2.04 bits per heavy atom. The molecule has 6 nitrogen and oxygen atoms in total. The van der Waals surface area contributed by atoms with Crippen LogP contribution in [0.25, 0.3) is 11.1 Å². The number of hydrogen-bond donors (Lipinski definition) is 2. The predicted molar refractivity (Wildman–Crippen MR) is 88.8 cm³/mol. The number of rotatable bonds is 4. The molecule has 0 spiro atoms. The number of aryl methyl sites for hydroxylation is 1. The summed E-state index contributed by atoms with van der Waals surface area (Å²) in [5, 5.41) is 17.1. The number of aromatic nitrogens is 2. The number of nitrogens with one attached hydrogen (secondary N) is 1. The molecular weight excluding hydrogens is 306 g/mol. The van der Waals surface area contributed by atoms with Crippen molar-refractivity contribution in [3.8, 4) is 0 Å². The number of aliphatic hydroxyl groups excluding tert-OH is 1. The lowest BCUT2D eigenvalue weighted by Crippen LogP contribution is -2.38. The Hall–Kier alpha value is -1.95. The van der Waals surface area contributed by atoms with E-state index in [1.807, 2.05) is 13.0 Å². The Kier molecular flexibility index (Phi) is 4.00. The van der Waals surface area contributed by atoms with Crippen LogP contribution in [0.2, 0.25) is 0 Å². The van der Waals surface area contributed by atoms with Crippen LogP contribution in [-0.2, 0) is 0 Å². The average Bonchev–Trinajstić information content (AvgIpc) is 3.39. The number of carbonyl (C=O) groups excluding carboxylic acids is 1. The number of fused-ring (bicyclic) bond motifs is 1. The molecule has 0 unspecified atom stereocenters. The third-order valence-corrected chi connectivity index (χ3v) is 5.32. The Balaban J connectivity index is 1.58. The van der Waals surface area contributed by atoms with Crippen LogP contribution in [0.5, 0.6) is 0 Å². The maximum absolute atomic E-state index is 12.9. The molecule has 0 radical (unpaired) electrons. The summed E-state index contributed by atoms with van der Waals surface area (Å²) < 4.78 is 5.31. The van der Waals surface area contributed by atoms with Gasteiger partial charge in [-0.15, -0.1) is 0 Å². The molecule has 2 fully saturated rings. The van der Waals surface area contributed by atoms with Crippen LogP contribution in [-0.4, -0.2) is 33.8 Å². The SMILES string of the molecule is Cc1noc2nc(C3CC3)cc(C(=O)NC3CCC(CO)CC3)c12. The van der Waals surface area contributed by atoms with Crippen LogP contribution in [0.3, 0.4) is 0 Å². The third-order valence-electron chi connectivity index (χ3n) is 5.32. The molecule has 2 N–H and O–H groups in total. The largest absolute Gasteiger partial charge is 0.396 e. The van der Waals surface area contributed by atoms with Gasteiger partial charge in [-0.2, -0.15) is 0 Å². The minimum Gasteiger partial charge on any atom is -0.396 e. The molecule has 0 saturated heterocycles. The molecule has 2 heterocycles. The van der Waals surface area contributed by atoms with E-state index in [9.17, 15) is 9.90 Å². The molecular formula is C18H23N3O3. The van der Waals surface area contributed by atoms with Gasteiger partial charge in [-0.3, -0.25) is 4.79 Å². The van der Waals surface area contributed by atoms with Crippen molar-refractivity contribution in [1.82, 2.24) is 15.5 Å². The molecule has 0 aliphatic heterocycles. The second-order valence-corrected chi connectivity index (χ2v) is 7.19. The molecule has 128 valence electrons. The van der Waals surface area contributed by atoms with Crippen molar-refractivity contribution in [2.24, 2.45) is 5.92 Å². The van der Waals surface area contributed by atoms with Crippen LogP contribution in [0.1, 0.15) is 66.2 Å². The Morgan fingerprint density at radius 3 is 2.71 bits per heavy atom. The van der Waals surface area contributed by atoms with Crippen LogP contribution < -0.4 is 5.32 Å². The fraction of sp³-hybridized carbons (Fsp3) is 0.611. The summed E-state index contributed by atoms with van der Waals surface area (Å²) in [7, 11) is 0. The lowest BCUT2D eigenvalue weighted by Gasteiger charge is -2.28. The number of nitrogens with zero attached hydrogens (tertiary/aromatic N) is 2. The van der Waals surface area contributed by atoms with Gasteiger partial charge in [-0.25, -0.2) is 4.98 Å². The fourth-order valence-corrected chi connectivity index (χ4v) is 3.63. The van der Waals surface area contributed by atoms with E-state index in [0.717, 1.165) is 49.6 Å². The lowest BCUT2D eigenvalue weighted by atomic mass is 9.86. The van der Waals surface area contributed by atoms with E-state index in [0.29, 0.717) is 28.8 Å². The van der Waals surface area contributed by atoms with Crippen molar-refractivity contribution < 1.29 is 14.4 Å². The van der Waals surface area contributed by atoms with E-state index >= 15 is 0 Å². The van der Waals surface area contributed by atoms with Crippen molar-refractivity contribution in [3.05, 3.63) is 23.0 Å². The van der Waals surface area contributed by atoms with Gasteiger partial charge in [0.1, 0.15) is 0 Å². The smallest absolute Gasteiger partial charge is 0.259 e. The molecule has 0 bridgehead atoms. The summed E-state index contributed by atoms with van der Waals surface area (Å²) in [5.74, 6) is 0.766. The van der Waals surface area contributed by atoms with E-state index in [1.165, 1.54) is 0 Å². The highest BCUT2D eigenvalue weighted by Gasteiger charge is 2.29. The molecule has 2 aliphatic carbocycles.